The predicted molar refractivity (Wildman–Crippen MR) is 93.2 cm³/mol. The number of rotatable bonds is 7. The summed E-state index contributed by atoms with van der Waals surface area (Å²) in [6, 6.07) is 7.93. The van der Waals surface area contributed by atoms with Gasteiger partial charge in [0.05, 0.1) is 19.1 Å². The van der Waals surface area contributed by atoms with Crippen LogP contribution >= 0.6 is 0 Å². The molecular weight excluding hydrogens is 306 g/mol. The standard InChI is InChI=1S/C18H27N3O3/c1-12(2)18(15-9-7-6-8-13(15)3)21(5)17(24)11-20-16(23)10-19-14(4)22/h6-9,12,18H,10-11H2,1-5H3,(H,19,22)(H,20,23). The third kappa shape index (κ3) is 5.68. The van der Waals surface area contributed by atoms with Gasteiger partial charge in [-0.05, 0) is 24.0 Å². The fourth-order valence-electron chi connectivity index (χ4n) is 2.65. The predicted octanol–water partition coefficient (Wildman–Crippen LogP) is 1.40. The first-order valence-electron chi connectivity index (χ1n) is 8.06. The van der Waals surface area contributed by atoms with E-state index in [1.807, 2.05) is 31.2 Å². The lowest BCUT2D eigenvalue weighted by Gasteiger charge is -2.33. The fourth-order valence-corrected chi connectivity index (χ4v) is 2.65. The average Bonchev–Trinajstić information content (AvgIpc) is 2.52. The average molecular weight is 333 g/mol. The first-order chi connectivity index (χ1) is 11.2. The first-order valence-corrected chi connectivity index (χ1v) is 8.06. The molecule has 3 amide bonds. The minimum atomic E-state index is -0.385. The first kappa shape index (κ1) is 19.7. The van der Waals surface area contributed by atoms with Gasteiger partial charge in [0.15, 0.2) is 0 Å². The zero-order valence-corrected chi connectivity index (χ0v) is 15.1. The number of hydrogen-bond donors (Lipinski definition) is 2. The maximum absolute atomic E-state index is 12.4. The molecule has 0 fully saturated rings. The molecule has 1 aromatic carbocycles. The van der Waals surface area contributed by atoms with Crippen LogP contribution in [0.2, 0.25) is 0 Å². The Kier molecular flexibility index (Phi) is 7.42. The number of nitrogens with one attached hydrogen (secondary N) is 2. The van der Waals surface area contributed by atoms with Gasteiger partial charge in [0, 0.05) is 14.0 Å². The van der Waals surface area contributed by atoms with Crippen molar-refractivity contribution < 1.29 is 14.4 Å². The Hall–Kier alpha value is -2.37. The summed E-state index contributed by atoms with van der Waals surface area (Å²) in [4.78, 5) is 36.5. The van der Waals surface area contributed by atoms with Gasteiger partial charge in [-0.3, -0.25) is 14.4 Å². The maximum Gasteiger partial charge on any atom is 0.242 e. The van der Waals surface area contributed by atoms with Crippen LogP contribution in [0.4, 0.5) is 0 Å². The molecule has 6 nitrogen and oxygen atoms in total. The van der Waals surface area contributed by atoms with Gasteiger partial charge in [-0.15, -0.1) is 0 Å². The third-order valence-corrected chi connectivity index (χ3v) is 3.88. The van der Waals surface area contributed by atoms with Crippen molar-refractivity contribution in [1.29, 1.82) is 0 Å². The van der Waals surface area contributed by atoms with Crippen LogP contribution < -0.4 is 10.6 Å². The SMILES string of the molecule is CC(=O)NCC(=O)NCC(=O)N(C)C(c1ccccc1C)C(C)C. The largest absolute Gasteiger partial charge is 0.347 e. The lowest BCUT2D eigenvalue weighted by atomic mass is 9.91. The van der Waals surface area contributed by atoms with E-state index in [0.29, 0.717) is 0 Å². The van der Waals surface area contributed by atoms with Crippen molar-refractivity contribution in [3.8, 4) is 0 Å². The van der Waals surface area contributed by atoms with E-state index in [1.54, 1.807) is 11.9 Å². The van der Waals surface area contributed by atoms with Crippen LogP contribution in [0.25, 0.3) is 0 Å². The summed E-state index contributed by atoms with van der Waals surface area (Å²) in [5, 5.41) is 4.93. The summed E-state index contributed by atoms with van der Waals surface area (Å²) in [7, 11) is 1.75. The third-order valence-electron chi connectivity index (χ3n) is 3.88. The van der Waals surface area contributed by atoms with Gasteiger partial charge < -0.3 is 15.5 Å². The zero-order chi connectivity index (χ0) is 18.3. The van der Waals surface area contributed by atoms with E-state index in [4.69, 9.17) is 0 Å². The lowest BCUT2D eigenvalue weighted by molar-refractivity contribution is -0.134. The molecule has 1 rings (SSSR count). The van der Waals surface area contributed by atoms with Crippen LogP contribution in [0.1, 0.15) is 37.9 Å². The Morgan fingerprint density at radius 2 is 1.71 bits per heavy atom. The smallest absolute Gasteiger partial charge is 0.242 e. The Bertz CT molecular complexity index is 599. The molecule has 132 valence electrons. The Morgan fingerprint density at radius 1 is 1.08 bits per heavy atom. The van der Waals surface area contributed by atoms with Crippen molar-refractivity contribution in [2.24, 2.45) is 5.92 Å². The van der Waals surface area contributed by atoms with E-state index >= 15 is 0 Å². The number of hydrogen-bond acceptors (Lipinski definition) is 3. The van der Waals surface area contributed by atoms with Crippen LogP contribution in [-0.2, 0) is 14.4 Å². The van der Waals surface area contributed by atoms with Crippen molar-refractivity contribution in [2.75, 3.05) is 20.1 Å². The van der Waals surface area contributed by atoms with Gasteiger partial charge in [-0.1, -0.05) is 38.1 Å². The highest BCUT2D eigenvalue weighted by atomic mass is 16.2. The van der Waals surface area contributed by atoms with E-state index in [9.17, 15) is 14.4 Å². The number of amides is 3. The molecule has 0 aliphatic heterocycles. The molecule has 0 bridgehead atoms. The summed E-state index contributed by atoms with van der Waals surface area (Å²) in [6.45, 7) is 7.27. The molecule has 0 aliphatic rings. The molecule has 0 radical (unpaired) electrons. The molecule has 0 aromatic heterocycles. The molecule has 0 spiro atoms. The number of aryl methyl sites for hydroxylation is 1. The second-order valence-electron chi connectivity index (χ2n) is 6.24. The molecule has 2 N–H and O–H groups in total. The van der Waals surface area contributed by atoms with Crippen LogP contribution in [0, 0.1) is 12.8 Å². The van der Waals surface area contributed by atoms with Gasteiger partial charge in [-0.25, -0.2) is 0 Å². The second kappa shape index (κ2) is 9.05. The summed E-state index contributed by atoms with van der Waals surface area (Å²) >= 11 is 0. The van der Waals surface area contributed by atoms with Crippen LogP contribution in [0.15, 0.2) is 24.3 Å². The molecule has 0 heterocycles. The number of benzene rings is 1. The van der Waals surface area contributed by atoms with Gasteiger partial charge in [0.25, 0.3) is 0 Å². The highest BCUT2D eigenvalue weighted by Gasteiger charge is 2.25. The normalized spacial score (nSPS) is 11.8. The van der Waals surface area contributed by atoms with Crippen LogP contribution in [-0.4, -0.2) is 42.8 Å². The highest BCUT2D eigenvalue weighted by Crippen LogP contribution is 2.29. The van der Waals surface area contributed by atoms with Crippen molar-refractivity contribution >= 4 is 17.7 Å². The quantitative estimate of drug-likeness (QED) is 0.792. The minimum Gasteiger partial charge on any atom is -0.347 e. The molecule has 0 saturated carbocycles. The summed E-state index contributed by atoms with van der Waals surface area (Å²) in [5.41, 5.74) is 2.23. The molecule has 1 unspecified atom stereocenters. The number of nitrogens with zero attached hydrogens (tertiary/aromatic N) is 1. The minimum absolute atomic E-state index is 0.0639. The Labute approximate surface area is 143 Å². The van der Waals surface area contributed by atoms with Gasteiger partial charge >= 0.3 is 0 Å². The Balaban J connectivity index is 2.72. The molecule has 0 saturated heterocycles. The summed E-state index contributed by atoms with van der Waals surface area (Å²) < 4.78 is 0. The monoisotopic (exact) mass is 333 g/mol. The fraction of sp³-hybridized carbons (Fsp3) is 0.500. The topological polar surface area (TPSA) is 78.5 Å². The second-order valence-corrected chi connectivity index (χ2v) is 6.24. The number of carbonyl (C=O) groups excluding carboxylic acids is 3. The van der Waals surface area contributed by atoms with Crippen LogP contribution in [0.5, 0.6) is 0 Å². The molecule has 24 heavy (non-hydrogen) atoms. The van der Waals surface area contributed by atoms with Gasteiger partial charge in [0.2, 0.25) is 17.7 Å². The van der Waals surface area contributed by atoms with Crippen molar-refractivity contribution in [3.05, 3.63) is 35.4 Å². The van der Waals surface area contributed by atoms with Crippen molar-refractivity contribution in [3.63, 3.8) is 0 Å². The van der Waals surface area contributed by atoms with Gasteiger partial charge in [-0.2, -0.15) is 0 Å². The molecule has 0 aliphatic carbocycles. The summed E-state index contributed by atoms with van der Waals surface area (Å²) in [6.07, 6.45) is 0. The number of carbonyl (C=O) groups is 3. The lowest BCUT2D eigenvalue weighted by Crippen LogP contribution is -2.44. The van der Waals surface area contributed by atoms with E-state index in [-0.39, 0.29) is 42.8 Å². The molecule has 6 heteroatoms. The van der Waals surface area contributed by atoms with Gasteiger partial charge in [0.1, 0.15) is 0 Å². The van der Waals surface area contributed by atoms with E-state index < -0.39 is 0 Å². The zero-order valence-electron chi connectivity index (χ0n) is 15.1. The maximum atomic E-state index is 12.4. The summed E-state index contributed by atoms with van der Waals surface area (Å²) in [5.74, 6) is -0.611. The van der Waals surface area contributed by atoms with Crippen LogP contribution in [0.3, 0.4) is 0 Å². The van der Waals surface area contributed by atoms with E-state index in [2.05, 4.69) is 24.5 Å². The molecule has 1 atom stereocenters. The number of likely N-dealkylation sites (N-methyl/N-ethyl adjacent to an activating group) is 1. The molecule has 1 aromatic rings. The van der Waals surface area contributed by atoms with Crippen molar-refractivity contribution in [1.82, 2.24) is 15.5 Å². The highest BCUT2D eigenvalue weighted by molar-refractivity contribution is 5.87. The molecular formula is C18H27N3O3. The van der Waals surface area contributed by atoms with E-state index in [0.717, 1.165) is 11.1 Å². The van der Waals surface area contributed by atoms with Crippen molar-refractivity contribution in [2.45, 2.75) is 33.7 Å². The van der Waals surface area contributed by atoms with E-state index in [1.165, 1.54) is 6.92 Å². The Morgan fingerprint density at radius 3 is 2.25 bits per heavy atom.